The van der Waals surface area contributed by atoms with Crippen LogP contribution in [-0.4, -0.2) is 53.3 Å². The highest BCUT2D eigenvalue weighted by molar-refractivity contribution is 6.30. The molecule has 0 saturated heterocycles. The molecule has 0 fully saturated rings. The third-order valence-corrected chi connectivity index (χ3v) is 4.61. The van der Waals surface area contributed by atoms with Gasteiger partial charge in [0.25, 0.3) is 0 Å². The van der Waals surface area contributed by atoms with Gasteiger partial charge in [0.05, 0.1) is 17.9 Å². The van der Waals surface area contributed by atoms with Crippen LogP contribution in [0.4, 0.5) is 5.82 Å². The number of hydrogen-bond acceptors (Lipinski definition) is 4. The second kappa shape index (κ2) is 10.1. The summed E-state index contributed by atoms with van der Waals surface area (Å²) in [5.41, 5.74) is 1.41. The Hall–Kier alpha value is -2.38. The second-order valence-electron chi connectivity index (χ2n) is 8.70. The van der Waals surface area contributed by atoms with Crippen molar-refractivity contribution in [3.8, 4) is 5.69 Å². The first-order chi connectivity index (χ1) is 14.0. The first kappa shape index (κ1) is 23.9. The number of anilines is 1. The monoisotopic (exact) mass is 434 g/mol. The van der Waals surface area contributed by atoms with Crippen LogP contribution in [-0.2, 0) is 19.7 Å². The molecule has 0 saturated carbocycles. The quantitative estimate of drug-likeness (QED) is 0.683. The van der Waals surface area contributed by atoms with Crippen molar-refractivity contribution in [1.29, 1.82) is 0 Å². The molecular weight excluding hydrogens is 404 g/mol. The van der Waals surface area contributed by atoms with Crippen LogP contribution in [0.25, 0.3) is 5.69 Å². The van der Waals surface area contributed by atoms with E-state index < -0.39 is 0 Å². The lowest BCUT2D eigenvalue weighted by atomic mass is 9.92. The fraction of sp³-hybridized carbons (Fsp3) is 0.500. The summed E-state index contributed by atoms with van der Waals surface area (Å²) in [7, 11) is 1.46. The van der Waals surface area contributed by atoms with Gasteiger partial charge in [0.2, 0.25) is 11.8 Å². The van der Waals surface area contributed by atoms with Gasteiger partial charge in [0.1, 0.15) is 12.4 Å². The van der Waals surface area contributed by atoms with E-state index in [2.05, 4.69) is 31.2 Å². The van der Waals surface area contributed by atoms with E-state index in [0.717, 1.165) is 11.4 Å². The zero-order valence-corrected chi connectivity index (χ0v) is 19.3. The number of aromatic nitrogens is 2. The summed E-state index contributed by atoms with van der Waals surface area (Å²) >= 11 is 6.01. The fourth-order valence-electron chi connectivity index (χ4n) is 2.88. The number of ether oxygens (including phenoxy) is 1. The van der Waals surface area contributed by atoms with Crippen molar-refractivity contribution < 1.29 is 14.3 Å². The van der Waals surface area contributed by atoms with Crippen molar-refractivity contribution >= 4 is 29.2 Å². The lowest BCUT2D eigenvalue weighted by Crippen LogP contribution is -2.42. The van der Waals surface area contributed by atoms with E-state index in [0.29, 0.717) is 17.4 Å². The number of halogens is 1. The lowest BCUT2D eigenvalue weighted by Gasteiger charge is -2.23. The van der Waals surface area contributed by atoms with Gasteiger partial charge in [-0.25, -0.2) is 4.68 Å². The maximum Gasteiger partial charge on any atom is 0.249 e. The summed E-state index contributed by atoms with van der Waals surface area (Å²) in [4.78, 5) is 26.6. The largest absolute Gasteiger partial charge is 0.375 e. The summed E-state index contributed by atoms with van der Waals surface area (Å²) in [5.74, 6) is 0.250. The van der Waals surface area contributed by atoms with Crippen LogP contribution in [0.15, 0.2) is 30.3 Å². The van der Waals surface area contributed by atoms with Gasteiger partial charge in [-0.05, 0) is 30.2 Å². The van der Waals surface area contributed by atoms with E-state index in [-0.39, 0.29) is 36.3 Å². The molecule has 1 heterocycles. The zero-order valence-electron chi connectivity index (χ0n) is 18.5. The first-order valence-electron chi connectivity index (χ1n) is 9.94. The Kier molecular flexibility index (Phi) is 8.03. The SMILES string of the molecule is COCC(=O)N(CC(=O)Nc1cc(C(C)(C)C)nn1-c1ccc(Cl)cc1)CC(C)C. The lowest BCUT2D eigenvalue weighted by molar-refractivity contribution is -0.138. The molecule has 30 heavy (non-hydrogen) atoms. The number of carbonyl (C=O) groups excluding carboxylic acids is 2. The Bertz CT molecular complexity index is 869. The summed E-state index contributed by atoms with van der Waals surface area (Å²) in [5, 5.41) is 8.21. The highest BCUT2D eigenvalue weighted by atomic mass is 35.5. The van der Waals surface area contributed by atoms with Gasteiger partial charge in [0, 0.05) is 30.2 Å². The van der Waals surface area contributed by atoms with E-state index in [9.17, 15) is 9.59 Å². The van der Waals surface area contributed by atoms with Gasteiger partial charge in [-0.2, -0.15) is 5.10 Å². The Morgan fingerprint density at radius 2 is 1.87 bits per heavy atom. The highest BCUT2D eigenvalue weighted by Crippen LogP contribution is 2.26. The van der Waals surface area contributed by atoms with Crippen molar-refractivity contribution in [2.75, 3.05) is 32.1 Å². The third-order valence-electron chi connectivity index (χ3n) is 4.36. The Morgan fingerprint density at radius 1 is 1.23 bits per heavy atom. The minimum absolute atomic E-state index is 0.0585. The molecule has 2 rings (SSSR count). The maximum absolute atomic E-state index is 12.8. The molecular formula is C22H31ClN4O3. The number of methoxy groups -OCH3 is 1. The highest BCUT2D eigenvalue weighted by Gasteiger charge is 2.23. The molecule has 2 amide bonds. The van der Waals surface area contributed by atoms with E-state index in [1.54, 1.807) is 16.8 Å². The smallest absolute Gasteiger partial charge is 0.249 e. The molecule has 0 bridgehead atoms. The number of carbonyl (C=O) groups is 2. The van der Waals surface area contributed by atoms with Crippen LogP contribution in [0.5, 0.6) is 0 Å². The van der Waals surface area contributed by atoms with Gasteiger partial charge in [-0.15, -0.1) is 0 Å². The molecule has 1 aromatic heterocycles. The van der Waals surface area contributed by atoms with Gasteiger partial charge < -0.3 is 15.0 Å². The minimum atomic E-state index is -0.296. The molecule has 7 nitrogen and oxygen atoms in total. The van der Waals surface area contributed by atoms with Crippen molar-refractivity contribution in [3.05, 3.63) is 41.0 Å². The number of rotatable bonds is 8. The summed E-state index contributed by atoms with van der Waals surface area (Å²) < 4.78 is 6.62. The normalized spacial score (nSPS) is 11.6. The molecule has 0 aliphatic carbocycles. The number of amides is 2. The van der Waals surface area contributed by atoms with Crippen molar-refractivity contribution in [1.82, 2.24) is 14.7 Å². The van der Waals surface area contributed by atoms with Gasteiger partial charge >= 0.3 is 0 Å². The average molecular weight is 435 g/mol. The molecule has 1 aromatic carbocycles. The van der Waals surface area contributed by atoms with Crippen molar-refractivity contribution in [2.45, 2.75) is 40.0 Å². The second-order valence-corrected chi connectivity index (χ2v) is 9.14. The number of nitrogens with one attached hydrogen (secondary N) is 1. The summed E-state index contributed by atoms with van der Waals surface area (Å²) in [6, 6.07) is 9.08. The number of hydrogen-bond donors (Lipinski definition) is 1. The molecule has 0 aliphatic heterocycles. The predicted octanol–water partition coefficient (Wildman–Crippen LogP) is 3.89. The van der Waals surface area contributed by atoms with Crippen LogP contribution in [0, 0.1) is 5.92 Å². The molecule has 0 unspecified atom stereocenters. The molecule has 0 atom stereocenters. The molecule has 1 N–H and O–H groups in total. The molecule has 164 valence electrons. The van der Waals surface area contributed by atoms with Crippen LogP contribution >= 0.6 is 11.6 Å². The van der Waals surface area contributed by atoms with E-state index >= 15 is 0 Å². The van der Waals surface area contributed by atoms with Gasteiger partial charge in [-0.1, -0.05) is 46.2 Å². The van der Waals surface area contributed by atoms with Crippen LogP contribution in [0.2, 0.25) is 5.02 Å². The number of benzene rings is 1. The van der Waals surface area contributed by atoms with Crippen LogP contribution in [0.3, 0.4) is 0 Å². The first-order valence-corrected chi connectivity index (χ1v) is 10.3. The zero-order chi connectivity index (χ0) is 22.5. The van der Waals surface area contributed by atoms with Crippen molar-refractivity contribution in [3.63, 3.8) is 0 Å². The van der Waals surface area contributed by atoms with E-state index in [4.69, 9.17) is 16.3 Å². The maximum atomic E-state index is 12.8. The molecule has 8 heteroatoms. The van der Waals surface area contributed by atoms with Gasteiger partial charge in [0.15, 0.2) is 0 Å². The van der Waals surface area contributed by atoms with Crippen LogP contribution < -0.4 is 5.32 Å². The Labute approximate surface area is 183 Å². The fourth-order valence-corrected chi connectivity index (χ4v) is 3.01. The average Bonchev–Trinajstić information content (AvgIpc) is 3.05. The Balaban J connectivity index is 2.28. The Morgan fingerprint density at radius 3 is 2.40 bits per heavy atom. The molecule has 0 radical (unpaired) electrons. The molecule has 0 spiro atoms. The van der Waals surface area contributed by atoms with Gasteiger partial charge in [-0.3, -0.25) is 9.59 Å². The standard InChI is InChI=1S/C22H31ClN4O3/c1-15(2)12-26(21(29)14-30-6)13-20(28)24-19-11-18(22(3,4)5)25-27(19)17-9-7-16(23)8-10-17/h7-11,15H,12-14H2,1-6H3,(H,24,28). The summed E-state index contributed by atoms with van der Waals surface area (Å²) in [6.45, 7) is 10.5. The van der Waals surface area contributed by atoms with E-state index in [1.807, 2.05) is 32.0 Å². The topological polar surface area (TPSA) is 76.5 Å². The van der Waals surface area contributed by atoms with Crippen molar-refractivity contribution in [2.24, 2.45) is 5.92 Å². The minimum Gasteiger partial charge on any atom is -0.375 e. The summed E-state index contributed by atoms with van der Waals surface area (Å²) in [6.07, 6.45) is 0. The van der Waals surface area contributed by atoms with Crippen LogP contribution in [0.1, 0.15) is 40.3 Å². The van der Waals surface area contributed by atoms with E-state index in [1.165, 1.54) is 12.0 Å². The molecule has 0 aliphatic rings. The third kappa shape index (κ3) is 6.57. The predicted molar refractivity (Wildman–Crippen MR) is 119 cm³/mol. The number of nitrogens with zero attached hydrogens (tertiary/aromatic N) is 3. The molecule has 2 aromatic rings.